The van der Waals surface area contributed by atoms with Crippen molar-refractivity contribution in [1.29, 1.82) is 0 Å². The van der Waals surface area contributed by atoms with Crippen molar-refractivity contribution in [3.8, 4) is 5.75 Å². The minimum absolute atomic E-state index is 0.158. The highest BCUT2D eigenvalue weighted by atomic mass is 79.9. The van der Waals surface area contributed by atoms with Crippen molar-refractivity contribution in [2.45, 2.75) is 6.61 Å². The number of carboxylic acids is 1. The Morgan fingerprint density at radius 1 is 1.21 bits per heavy atom. The average molecular weight is 325 g/mol. The van der Waals surface area contributed by atoms with E-state index < -0.39 is 11.8 Å². The number of rotatable bonds is 4. The van der Waals surface area contributed by atoms with E-state index in [-0.39, 0.29) is 17.9 Å². The van der Waals surface area contributed by atoms with E-state index in [1.165, 1.54) is 24.3 Å². The first-order chi connectivity index (χ1) is 9.06. The number of halogens is 2. The number of hydrogen-bond donors (Lipinski definition) is 1. The van der Waals surface area contributed by atoms with Gasteiger partial charge < -0.3 is 9.84 Å². The molecule has 0 fully saturated rings. The van der Waals surface area contributed by atoms with Crippen LogP contribution in [0, 0.1) is 5.82 Å². The van der Waals surface area contributed by atoms with Crippen molar-refractivity contribution >= 4 is 21.9 Å². The van der Waals surface area contributed by atoms with Crippen molar-refractivity contribution in [3.05, 3.63) is 63.9 Å². The van der Waals surface area contributed by atoms with E-state index in [4.69, 9.17) is 9.84 Å². The largest absolute Gasteiger partial charge is 0.486 e. The summed E-state index contributed by atoms with van der Waals surface area (Å²) in [5.41, 5.74) is 0.978. The SMILES string of the molecule is O=C(O)c1ccc(COc2ccc(Br)cc2F)cc1. The van der Waals surface area contributed by atoms with E-state index in [0.717, 1.165) is 5.56 Å². The maximum atomic E-state index is 13.5. The molecule has 5 heteroatoms. The molecular formula is C14H10BrFO3. The van der Waals surface area contributed by atoms with Gasteiger partial charge in [-0.05, 0) is 35.9 Å². The van der Waals surface area contributed by atoms with Gasteiger partial charge in [0.15, 0.2) is 11.6 Å². The number of aromatic carboxylic acids is 1. The van der Waals surface area contributed by atoms with E-state index >= 15 is 0 Å². The van der Waals surface area contributed by atoms with Gasteiger partial charge in [-0.2, -0.15) is 0 Å². The van der Waals surface area contributed by atoms with Gasteiger partial charge in [0.05, 0.1) is 5.56 Å². The summed E-state index contributed by atoms with van der Waals surface area (Å²) in [4.78, 5) is 10.7. The topological polar surface area (TPSA) is 46.5 Å². The standard InChI is InChI=1S/C14H10BrFO3/c15-11-5-6-13(12(16)7-11)19-8-9-1-3-10(4-2-9)14(17)18/h1-7H,8H2,(H,17,18). The number of hydrogen-bond acceptors (Lipinski definition) is 2. The summed E-state index contributed by atoms with van der Waals surface area (Å²) in [7, 11) is 0. The molecule has 0 amide bonds. The van der Waals surface area contributed by atoms with Crippen molar-refractivity contribution in [2.24, 2.45) is 0 Å². The summed E-state index contributed by atoms with van der Waals surface area (Å²) in [5, 5.41) is 8.76. The van der Waals surface area contributed by atoms with Crippen LogP contribution in [0.3, 0.4) is 0 Å². The van der Waals surface area contributed by atoms with Crippen LogP contribution in [0.5, 0.6) is 5.75 Å². The van der Waals surface area contributed by atoms with Crippen LogP contribution in [-0.4, -0.2) is 11.1 Å². The summed E-state index contributed by atoms with van der Waals surface area (Å²) in [6.45, 7) is 0.179. The van der Waals surface area contributed by atoms with E-state index in [9.17, 15) is 9.18 Å². The molecule has 2 aromatic carbocycles. The van der Waals surface area contributed by atoms with Crippen LogP contribution >= 0.6 is 15.9 Å². The number of ether oxygens (including phenoxy) is 1. The molecule has 0 aromatic heterocycles. The molecule has 98 valence electrons. The lowest BCUT2D eigenvalue weighted by Crippen LogP contribution is -1.99. The lowest BCUT2D eigenvalue weighted by atomic mass is 10.1. The minimum Gasteiger partial charge on any atom is -0.486 e. The molecule has 0 radical (unpaired) electrons. The molecule has 0 aliphatic rings. The van der Waals surface area contributed by atoms with Crippen LogP contribution in [0.15, 0.2) is 46.9 Å². The van der Waals surface area contributed by atoms with Gasteiger partial charge in [0.2, 0.25) is 0 Å². The predicted octanol–water partition coefficient (Wildman–Crippen LogP) is 3.87. The minimum atomic E-state index is -0.980. The molecule has 3 nitrogen and oxygen atoms in total. The van der Waals surface area contributed by atoms with E-state index in [1.54, 1.807) is 18.2 Å². The molecule has 2 rings (SSSR count). The van der Waals surface area contributed by atoms with E-state index in [2.05, 4.69) is 15.9 Å². The van der Waals surface area contributed by atoms with E-state index in [0.29, 0.717) is 4.47 Å². The van der Waals surface area contributed by atoms with Gasteiger partial charge in [-0.25, -0.2) is 9.18 Å². The number of carbonyl (C=O) groups is 1. The average Bonchev–Trinajstić information content (AvgIpc) is 2.38. The molecule has 0 heterocycles. The maximum absolute atomic E-state index is 13.5. The summed E-state index contributed by atoms with van der Waals surface area (Å²) < 4.78 is 19.5. The molecule has 0 saturated carbocycles. The van der Waals surface area contributed by atoms with Gasteiger partial charge in [0.25, 0.3) is 0 Å². The second-order valence-electron chi connectivity index (χ2n) is 3.87. The molecule has 0 saturated heterocycles. The summed E-state index contributed by atoms with van der Waals surface area (Å²) in [5.74, 6) is -1.27. The summed E-state index contributed by atoms with van der Waals surface area (Å²) in [6.07, 6.45) is 0. The Morgan fingerprint density at radius 2 is 1.89 bits per heavy atom. The molecule has 19 heavy (non-hydrogen) atoms. The van der Waals surface area contributed by atoms with Crippen LogP contribution in [0.2, 0.25) is 0 Å². The van der Waals surface area contributed by atoms with Crippen LogP contribution < -0.4 is 4.74 Å². The summed E-state index contributed by atoms with van der Waals surface area (Å²) >= 11 is 3.16. The predicted molar refractivity (Wildman–Crippen MR) is 71.8 cm³/mol. The Bertz CT molecular complexity index is 596. The van der Waals surface area contributed by atoms with Crippen LogP contribution in [0.25, 0.3) is 0 Å². The third-order valence-corrected chi connectivity index (χ3v) is 2.98. The highest BCUT2D eigenvalue weighted by molar-refractivity contribution is 9.10. The Labute approximate surface area is 117 Å². The van der Waals surface area contributed by atoms with Gasteiger partial charge >= 0.3 is 5.97 Å². The first kappa shape index (κ1) is 13.5. The zero-order valence-electron chi connectivity index (χ0n) is 9.77. The third kappa shape index (κ3) is 3.54. The Hall–Kier alpha value is -1.88. The molecule has 2 aromatic rings. The van der Waals surface area contributed by atoms with Crippen molar-refractivity contribution in [2.75, 3.05) is 0 Å². The monoisotopic (exact) mass is 324 g/mol. The van der Waals surface area contributed by atoms with Gasteiger partial charge in [-0.3, -0.25) is 0 Å². The number of benzene rings is 2. The fraction of sp³-hybridized carbons (Fsp3) is 0.0714. The van der Waals surface area contributed by atoms with Crippen molar-refractivity contribution < 1.29 is 19.0 Å². The zero-order chi connectivity index (χ0) is 13.8. The second-order valence-corrected chi connectivity index (χ2v) is 4.78. The van der Waals surface area contributed by atoms with Crippen LogP contribution in [0.4, 0.5) is 4.39 Å². The molecule has 0 spiro atoms. The van der Waals surface area contributed by atoms with Gasteiger partial charge in [0, 0.05) is 4.47 Å². The molecule has 1 N–H and O–H groups in total. The Morgan fingerprint density at radius 3 is 2.47 bits per heavy atom. The highest BCUT2D eigenvalue weighted by Gasteiger charge is 2.05. The Balaban J connectivity index is 2.04. The fourth-order valence-corrected chi connectivity index (χ4v) is 1.83. The normalized spacial score (nSPS) is 10.2. The quantitative estimate of drug-likeness (QED) is 0.928. The van der Waals surface area contributed by atoms with Gasteiger partial charge in [-0.1, -0.05) is 28.1 Å². The second kappa shape index (κ2) is 5.84. The van der Waals surface area contributed by atoms with Crippen LogP contribution in [0.1, 0.15) is 15.9 Å². The van der Waals surface area contributed by atoms with Gasteiger partial charge in [0.1, 0.15) is 6.61 Å². The molecular weight excluding hydrogens is 315 g/mol. The molecule has 0 unspecified atom stereocenters. The molecule has 0 atom stereocenters. The maximum Gasteiger partial charge on any atom is 0.335 e. The van der Waals surface area contributed by atoms with E-state index in [1.807, 2.05) is 0 Å². The lowest BCUT2D eigenvalue weighted by Gasteiger charge is -2.07. The smallest absolute Gasteiger partial charge is 0.335 e. The highest BCUT2D eigenvalue weighted by Crippen LogP contribution is 2.22. The first-order valence-electron chi connectivity index (χ1n) is 5.46. The fourth-order valence-electron chi connectivity index (χ4n) is 1.50. The van der Waals surface area contributed by atoms with Crippen molar-refractivity contribution in [3.63, 3.8) is 0 Å². The lowest BCUT2D eigenvalue weighted by molar-refractivity contribution is 0.0697. The third-order valence-electron chi connectivity index (χ3n) is 2.49. The zero-order valence-corrected chi connectivity index (χ0v) is 11.4. The number of carboxylic acid groups (broad SMARTS) is 1. The summed E-state index contributed by atoms with van der Waals surface area (Å²) in [6, 6.07) is 10.8. The van der Waals surface area contributed by atoms with Crippen molar-refractivity contribution in [1.82, 2.24) is 0 Å². The molecule has 0 aliphatic heterocycles. The molecule has 0 aliphatic carbocycles. The van der Waals surface area contributed by atoms with Crippen LogP contribution in [-0.2, 0) is 6.61 Å². The van der Waals surface area contributed by atoms with Gasteiger partial charge in [-0.15, -0.1) is 0 Å². The molecule has 0 bridgehead atoms. The Kier molecular flexibility index (Phi) is 4.16. The first-order valence-corrected chi connectivity index (χ1v) is 6.25.